The van der Waals surface area contributed by atoms with E-state index in [-0.39, 0.29) is 11.4 Å². The Hall–Kier alpha value is -2.89. The monoisotopic (exact) mass is 550 g/mol. The first-order chi connectivity index (χ1) is 19.5. The minimum Gasteiger partial charge on any atom is -0.348 e. The summed E-state index contributed by atoms with van der Waals surface area (Å²) in [5.41, 5.74) is 3.04. The number of ether oxygens (including phenoxy) is 2. The fourth-order valence-electron chi connectivity index (χ4n) is 5.25. The van der Waals surface area contributed by atoms with Gasteiger partial charge in [-0.25, -0.2) is 13.2 Å². The van der Waals surface area contributed by atoms with Crippen molar-refractivity contribution in [2.24, 2.45) is 5.92 Å². The van der Waals surface area contributed by atoms with Crippen molar-refractivity contribution in [3.05, 3.63) is 95.3 Å². The first-order valence-electron chi connectivity index (χ1n) is 14.7. The van der Waals surface area contributed by atoms with E-state index in [2.05, 4.69) is 6.92 Å². The zero-order valence-corrected chi connectivity index (χ0v) is 23.7. The van der Waals surface area contributed by atoms with Crippen molar-refractivity contribution in [1.82, 2.24) is 0 Å². The molecule has 3 aromatic carbocycles. The maximum atomic E-state index is 15.1. The maximum Gasteiger partial charge on any atom is 0.186 e. The van der Waals surface area contributed by atoms with Crippen LogP contribution in [0.4, 0.5) is 13.2 Å². The van der Waals surface area contributed by atoms with Crippen molar-refractivity contribution in [3.8, 4) is 22.3 Å². The first kappa shape index (κ1) is 30.1. The molecule has 1 fully saturated rings. The summed E-state index contributed by atoms with van der Waals surface area (Å²) in [4.78, 5) is 0. The summed E-state index contributed by atoms with van der Waals surface area (Å²) in [6.07, 6.45) is 12.6. The van der Waals surface area contributed by atoms with Crippen molar-refractivity contribution >= 4 is 0 Å². The third-order valence-electron chi connectivity index (χ3n) is 7.68. The van der Waals surface area contributed by atoms with Gasteiger partial charge in [0.05, 0.1) is 13.2 Å². The van der Waals surface area contributed by atoms with Crippen molar-refractivity contribution in [2.45, 2.75) is 77.9 Å². The Morgan fingerprint density at radius 2 is 1.48 bits per heavy atom. The number of benzene rings is 3. The standard InChI is InChI=1S/C35H41F3O2/c1-3-5-7-9-10-12-25-23-39-35(40-24-25)31-21-19-29(22-32(31)36)26-14-16-27(17-15-26)30-20-18-28(33(37)34(30)38)13-11-8-6-4-2/h4,6,14-22,25,35H,3,5,7-13,23-24H2,1-2H3/b6-4-. The molecule has 40 heavy (non-hydrogen) atoms. The highest BCUT2D eigenvalue weighted by molar-refractivity contribution is 5.71. The second-order valence-electron chi connectivity index (χ2n) is 10.7. The lowest BCUT2D eigenvalue weighted by molar-refractivity contribution is -0.207. The van der Waals surface area contributed by atoms with Gasteiger partial charge in [0.1, 0.15) is 5.82 Å². The van der Waals surface area contributed by atoms with Crippen LogP contribution < -0.4 is 0 Å². The third-order valence-corrected chi connectivity index (χ3v) is 7.68. The van der Waals surface area contributed by atoms with Crippen LogP contribution >= 0.6 is 0 Å². The number of aryl methyl sites for hydroxylation is 1. The highest BCUT2D eigenvalue weighted by Crippen LogP contribution is 2.33. The van der Waals surface area contributed by atoms with E-state index in [0.29, 0.717) is 47.8 Å². The van der Waals surface area contributed by atoms with Crippen LogP contribution in [0.3, 0.4) is 0 Å². The zero-order valence-electron chi connectivity index (χ0n) is 23.7. The molecule has 0 spiro atoms. The summed E-state index contributed by atoms with van der Waals surface area (Å²) < 4.78 is 56.4. The molecule has 1 aliphatic heterocycles. The third kappa shape index (κ3) is 7.86. The molecule has 0 aliphatic carbocycles. The first-order valence-corrected chi connectivity index (χ1v) is 14.7. The summed E-state index contributed by atoms with van der Waals surface area (Å²) >= 11 is 0. The summed E-state index contributed by atoms with van der Waals surface area (Å²) in [5, 5.41) is 0. The van der Waals surface area contributed by atoms with Gasteiger partial charge in [-0.1, -0.05) is 99.7 Å². The molecule has 0 atom stereocenters. The van der Waals surface area contributed by atoms with E-state index in [9.17, 15) is 8.78 Å². The second-order valence-corrected chi connectivity index (χ2v) is 10.7. The van der Waals surface area contributed by atoms with E-state index < -0.39 is 17.9 Å². The summed E-state index contributed by atoms with van der Waals surface area (Å²) in [6, 6.07) is 15.4. The molecule has 5 heteroatoms. The summed E-state index contributed by atoms with van der Waals surface area (Å²) in [5.74, 6) is -1.65. The molecular formula is C35H41F3O2. The lowest BCUT2D eigenvalue weighted by Crippen LogP contribution is -2.27. The molecule has 0 aromatic heterocycles. The predicted octanol–water partition coefficient (Wildman–Crippen LogP) is 10.4. The predicted molar refractivity (Wildman–Crippen MR) is 156 cm³/mol. The Morgan fingerprint density at radius 1 is 0.775 bits per heavy atom. The highest BCUT2D eigenvalue weighted by atomic mass is 19.2. The van der Waals surface area contributed by atoms with Gasteiger partial charge in [-0.05, 0) is 60.9 Å². The van der Waals surface area contributed by atoms with Gasteiger partial charge in [0.25, 0.3) is 0 Å². The number of halogens is 3. The van der Waals surface area contributed by atoms with Crippen molar-refractivity contribution in [3.63, 3.8) is 0 Å². The Morgan fingerprint density at radius 3 is 2.17 bits per heavy atom. The average Bonchev–Trinajstić information content (AvgIpc) is 2.98. The molecule has 1 saturated heterocycles. The minimum atomic E-state index is -0.835. The molecule has 3 aromatic rings. The number of unbranched alkanes of at least 4 members (excludes halogenated alkanes) is 5. The van der Waals surface area contributed by atoms with E-state index in [0.717, 1.165) is 24.8 Å². The minimum absolute atomic E-state index is 0.216. The van der Waals surface area contributed by atoms with Gasteiger partial charge in [-0.3, -0.25) is 0 Å². The smallest absolute Gasteiger partial charge is 0.186 e. The lowest BCUT2D eigenvalue weighted by Gasteiger charge is -2.30. The second kappa shape index (κ2) is 15.2. The van der Waals surface area contributed by atoms with Crippen molar-refractivity contribution < 1.29 is 22.6 Å². The molecule has 0 radical (unpaired) electrons. The van der Waals surface area contributed by atoms with Gasteiger partial charge in [0, 0.05) is 17.0 Å². The van der Waals surface area contributed by atoms with Crippen LogP contribution in [0.15, 0.2) is 66.7 Å². The summed E-state index contributed by atoms with van der Waals surface area (Å²) in [6.45, 7) is 5.31. The normalized spacial score (nSPS) is 17.5. The fraction of sp³-hybridized carbons (Fsp3) is 0.429. The van der Waals surface area contributed by atoms with Gasteiger partial charge in [0.2, 0.25) is 0 Å². The molecule has 0 saturated carbocycles. The van der Waals surface area contributed by atoms with Crippen LogP contribution in [-0.2, 0) is 15.9 Å². The number of allylic oxidation sites excluding steroid dienone is 2. The topological polar surface area (TPSA) is 18.5 Å². The zero-order chi connectivity index (χ0) is 28.3. The maximum absolute atomic E-state index is 15.1. The Bertz CT molecular complexity index is 1240. The van der Waals surface area contributed by atoms with Crippen molar-refractivity contribution in [1.29, 1.82) is 0 Å². The Kier molecular flexibility index (Phi) is 11.4. The van der Waals surface area contributed by atoms with Crippen LogP contribution in [0, 0.1) is 23.4 Å². The Balaban J connectivity index is 1.36. The number of rotatable bonds is 13. The lowest BCUT2D eigenvalue weighted by atomic mass is 9.97. The molecule has 1 heterocycles. The van der Waals surface area contributed by atoms with Crippen LogP contribution in [0.1, 0.15) is 82.6 Å². The van der Waals surface area contributed by atoms with E-state index in [1.54, 1.807) is 42.5 Å². The number of hydrogen-bond acceptors (Lipinski definition) is 2. The van der Waals surface area contributed by atoms with E-state index in [1.807, 2.05) is 25.1 Å². The molecular weight excluding hydrogens is 509 g/mol. The van der Waals surface area contributed by atoms with Crippen LogP contribution in [0.5, 0.6) is 0 Å². The molecule has 0 bridgehead atoms. The largest absolute Gasteiger partial charge is 0.348 e. The fourth-order valence-corrected chi connectivity index (χ4v) is 5.25. The molecule has 0 N–H and O–H groups in total. The Labute approximate surface area is 237 Å². The van der Waals surface area contributed by atoms with Gasteiger partial charge < -0.3 is 9.47 Å². The molecule has 4 rings (SSSR count). The molecule has 0 unspecified atom stereocenters. The highest BCUT2D eigenvalue weighted by Gasteiger charge is 2.25. The van der Waals surface area contributed by atoms with Crippen molar-refractivity contribution in [2.75, 3.05) is 13.2 Å². The van der Waals surface area contributed by atoms with Gasteiger partial charge >= 0.3 is 0 Å². The van der Waals surface area contributed by atoms with Crippen LogP contribution in [-0.4, -0.2) is 13.2 Å². The van der Waals surface area contributed by atoms with E-state index in [1.165, 1.54) is 38.2 Å². The molecule has 2 nitrogen and oxygen atoms in total. The quantitative estimate of drug-likeness (QED) is 0.156. The SMILES string of the molecule is C/C=C\CCCc1ccc(-c2ccc(-c3ccc(C4OCC(CCCCCCC)CO4)c(F)c3)cc2)c(F)c1F. The number of hydrogen-bond donors (Lipinski definition) is 0. The molecule has 1 aliphatic rings. The molecule has 0 amide bonds. The van der Waals surface area contributed by atoms with Crippen LogP contribution in [0.2, 0.25) is 0 Å². The summed E-state index contributed by atoms with van der Waals surface area (Å²) in [7, 11) is 0. The van der Waals surface area contributed by atoms with E-state index in [4.69, 9.17) is 9.47 Å². The van der Waals surface area contributed by atoms with E-state index >= 15 is 4.39 Å². The average molecular weight is 551 g/mol. The molecule has 214 valence electrons. The van der Waals surface area contributed by atoms with Crippen LogP contribution in [0.25, 0.3) is 22.3 Å². The van der Waals surface area contributed by atoms with Gasteiger partial charge in [0.15, 0.2) is 17.9 Å². The van der Waals surface area contributed by atoms with Gasteiger partial charge in [-0.2, -0.15) is 0 Å². The van der Waals surface area contributed by atoms with Gasteiger partial charge in [-0.15, -0.1) is 0 Å².